The van der Waals surface area contributed by atoms with Gasteiger partial charge in [-0.3, -0.25) is 0 Å². The van der Waals surface area contributed by atoms with E-state index in [1.165, 1.54) is 0 Å². The minimum atomic E-state index is -0.210. The van der Waals surface area contributed by atoms with Gasteiger partial charge in [-0.15, -0.1) is 0 Å². The van der Waals surface area contributed by atoms with Gasteiger partial charge in [0.1, 0.15) is 11.9 Å². The Morgan fingerprint density at radius 2 is 2.28 bits per heavy atom. The summed E-state index contributed by atoms with van der Waals surface area (Å²) in [7, 11) is 0. The number of rotatable bonds is 4. The van der Waals surface area contributed by atoms with E-state index in [1.54, 1.807) is 6.92 Å². The number of carbonyl (C=O) groups excluding carboxylic acids is 2. The summed E-state index contributed by atoms with van der Waals surface area (Å²) in [5.74, 6) is 0.282. The molecule has 1 saturated heterocycles. The number of esters is 1. The maximum absolute atomic E-state index is 11.5. The summed E-state index contributed by atoms with van der Waals surface area (Å²) in [6.07, 6.45) is 5.68. The Labute approximate surface area is 109 Å². The summed E-state index contributed by atoms with van der Waals surface area (Å²) < 4.78 is 5.39. The quantitative estimate of drug-likeness (QED) is 0.569. The normalized spacial score (nSPS) is 35.2. The second-order valence-electron chi connectivity index (χ2n) is 6.18. The molecule has 0 aromatic heterocycles. The van der Waals surface area contributed by atoms with Gasteiger partial charge < -0.3 is 9.53 Å². The molecule has 3 nitrogen and oxygen atoms in total. The Hall–Kier alpha value is -1.12. The SMILES string of the molecule is C=C1C(=O)O[C@@H]2C[C@@](C)(CCCC(C)=O)CC[C@H]12. The second kappa shape index (κ2) is 4.87. The third-order valence-electron chi connectivity index (χ3n) is 4.48. The standard InChI is InChI=1S/C15H22O3/c1-10(16)5-4-7-15(3)8-6-12-11(2)14(17)18-13(12)9-15/h12-13H,2,4-9H2,1,3H3/t12-,13-,15+/m1/s1. The lowest BCUT2D eigenvalue weighted by atomic mass is 9.67. The minimum Gasteiger partial charge on any atom is -0.458 e. The minimum absolute atomic E-state index is 0.0288. The van der Waals surface area contributed by atoms with Crippen LogP contribution in [0.25, 0.3) is 0 Å². The highest BCUT2D eigenvalue weighted by Crippen LogP contribution is 2.48. The highest BCUT2D eigenvalue weighted by Gasteiger charge is 2.46. The van der Waals surface area contributed by atoms with E-state index in [2.05, 4.69) is 13.5 Å². The zero-order valence-corrected chi connectivity index (χ0v) is 11.3. The molecular formula is C15H22O3. The van der Waals surface area contributed by atoms with E-state index in [9.17, 15) is 9.59 Å². The maximum atomic E-state index is 11.5. The molecule has 18 heavy (non-hydrogen) atoms. The van der Waals surface area contributed by atoms with Crippen LogP contribution in [0.4, 0.5) is 0 Å². The Kier molecular flexibility index (Phi) is 3.60. The van der Waals surface area contributed by atoms with Crippen molar-refractivity contribution in [1.82, 2.24) is 0 Å². The fourth-order valence-electron chi connectivity index (χ4n) is 3.30. The summed E-state index contributed by atoms with van der Waals surface area (Å²) >= 11 is 0. The average Bonchev–Trinajstić information content (AvgIpc) is 2.53. The number of ether oxygens (including phenoxy) is 1. The van der Waals surface area contributed by atoms with Gasteiger partial charge in [0.05, 0.1) is 0 Å². The van der Waals surface area contributed by atoms with Gasteiger partial charge in [-0.1, -0.05) is 13.5 Å². The second-order valence-corrected chi connectivity index (χ2v) is 6.18. The number of Topliss-reactive ketones (excluding diaryl/α,β-unsaturated/α-hetero) is 1. The van der Waals surface area contributed by atoms with Crippen LogP contribution in [0.15, 0.2) is 12.2 Å². The molecule has 3 heteroatoms. The van der Waals surface area contributed by atoms with Crippen molar-refractivity contribution < 1.29 is 14.3 Å². The lowest BCUT2D eigenvalue weighted by Crippen LogP contribution is -2.33. The molecule has 1 aliphatic heterocycles. The van der Waals surface area contributed by atoms with Crippen LogP contribution in [-0.2, 0) is 14.3 Å². The van der Waals surface area contributed by atoms with Gasteiger partial charge in [-0.05, 0) is 44.4 Å². The van der Waals surface area contributed by atoms with Gasteiger partial charge >= 0.3 is 5.97 Å². The van der Waals surface area contributed by atoms with Crippen molar-refractivity contribution in [3.8, 4) is 0 Å². The van der Waals surface area contributed by atoms with Gasteiger partial charge in [0.2, 0.25) is 0 Å². The van der Waals surface area contributed by atoms with E-state index >= 15 is 0 Å². The number of fused-ring (bicyclic) bond motifs is 1. The molecule has 0 spiro atoms. The summed E-state index contributed by atoms with van der Waals surface area (Å²) in [5.41, 5.74) is 0.868. The van der Waals surface area contributed by atoms with Crippen LogP contribution in [0.3, 0.4) is 0 Å². The summed E-state index contributed by atoms with van der Waals surface area (Å²) in [6, 6.07) is 0. The van der Waals surface area contributed by atoms with E-state index in [4.69, 9.17) is 4.74 Å². The van der Waals surface area contributed by atoms with E-state index < -0.39 is 0 Å². The van der Waals surface area contributed by atoms with E-state index in [0.29, 0.717) is 12.0 Å². The molecule has 3 atom stereocenters. The predicted molar refractivity (Wildman–Crippen MR) is 69.0 cm³/mol. The Morgan fingerprint density at radius 3 is 2.94 bits per heavy atom. The van der Waals surface area contributed by atoms with Crippen LogP contribution < -0.4 is 0 Å². The zero-order valence-electron chi connectivity index (χ0n) is 11.3. The first-order chi connectivity index (χ1) is 8.41. The first-order valence-electron chi connectivity index (χ1n) is 6.80. The molecule has 2 aliphatic rings. The van der Waals surface area contributed by atoms with Crippen molar-refractivity contribution >= 4 is 11.8 Å². The van der Waals surface area contributed by atoms with E-state index in [0.717, 1.165) is 32.1 Å². The average molecular weight is 250 g/mol. The van der Waals surface area contributed by atoms with Crippen molar-refractivity contribution in [2.75, 3.05) is 0 Å². The summed E-state index contributed by atoms with van der Waals surface area (Å²) in [6.45, 7) is 7.72. The smallest absolute Gasteiger partial charge is 0.334 e. The number of hydrogen-bond acceptors (Lipinski definition) is 3. The highest BCUT2D eigenvalue weighted by molar-refractivity contribution is 5.90. The van der Waals surface area contributed by atoms with Crippen LogP contribution in [0, 0.1) is 11.3 Å². The third-order valence-corrected chi connectivity index (χ3v) is 4.48. The predicted octanol–water partition coefficient (Wildman–Crippen LogP) is 3.03. The van der Waals surface area contributed by atoms with Crippen molar-refractivity contribution in [3.05, 3.63) is 12.2 Å². The number of hydrogen-bond donors (Lipinski definition) is 0. The van der Waals surface area contributed by atoms with Gasteiger partial charge in [0.15, 0.2) is 0 Å². The fraction of sp³-hybridized carbons (Fsp3) is 0.733. The Balaban J connectivity index is 1.92. The van der Waals surface area contributed by atoms with Gasteiger partial charge in [0, 0.05) is 17.9 Å². The molecule has 0 aromatic carbocycles. The molecule has 1 saturated carbocycles. The van der Waals surface area contributed by atoms with Crippen molar-refractivity contribution in [3.63, 3.8) is 0 Å². The van der Waals surface area contributed by atoms with Crippen LogP contribution in [0.5, 0.6) is 0 Å². The van der Waals surface area contributed by atoms with E-state index in [1.807, 2.05) is 0 Å². The molecule has 100 valence electrons. The lowest BCUT2D eigenvalue weighted by molar-refractivity contribution is -0.141. The summed E-state index contributed by atoms with van der Waals surface area (Å²) in [4.78, 5) is 22.5. The first kappa shape index (κ1) is 13.3. The molecule has 0 N–H and O–H groups in total. The van der Waals surface area contributed by atoms with Crippen LogP contribution in [0.2, 0.25) is 0 Å². The van der Waals surface area contributed by atoms with Gasteiger partial charge in [-0.25, -0.2) is 4.79 Å². The van der Waals surface area contributed by atoms with Crippen molar-refractivity contribution in [2.45, 2.75) is 58.5 Å². The van der Waals surface area contributed by atoms with Crippen molar-refractivity contribution in [1.29, 1.82) is 0 Å². The molecule has 2 fully saturated rings. The zero-order chi connectivity index (χ0) is 13.3. The first-order valence-corrected chi connectivity index (χ1v) is 6.80. The highest BCUT2D eigenvalue weighted by atomic mass is 16.6. The molecule has 0 bridgehead atoms. The molecule has 2 rings (SSSR count). The molecule has 0 radical (unpaired) electrons. The van der Waals surface area contributed by atoms with Gasteiger partial charge in [-0.2, -0.15) is 0 Å². The van der Waals surface area contributed by atoms with Crippen LogP contribution >= 0.6 is 0 Å². The lowest BCUT2D eigenvalue weighted by Gasteiger charge is -2.38. The molecule has 0 amide bonds. The van der Waals surface area contributed by atoms with Crippen LogP contribution in [-0.4, -0.2) is 17.9 Å². The van der Waals surface area contributed by atoms with Gasteiger partial charge in [0.25, 0.3) is 0 Å². The number of carbonyl (C=O) groups is 2. The topological polar surface area (TPSA) is 43.4 Å². The Morgan fingerprint density at radius 1 is 1.56 bits per heavy atom. The fourth-order valence-corrected chi connectivity index (χ4v) is 3.30. The third kappa shape index (κ3) is 2.65. The van der Waals surface area contributed by atoms with Crippen molar-refractivity contribution in [2.24, 2.45) is 11.3 Å². The number of ketones is 1. The monoisotopic (exact) mass is 250 g/mol. The molecule has 0 aromatic rings. The maximum Gasteiger partial charge on any atom is 0.334 e. The largest absolute Gasteiger partial charge is 0.458 e. The molecule has 1 aliphatic carbocycles. The Bertz CT molecular complexity index is 385. The summed E-state index contributed by atoms with van der Waals surface area (Å²) in [5, 5.41) is 0. The molecular weight excluding hydrogens is 228 g/mol. The van der Waals surface area contributed by atoms with Crippen LogP contribution in [0.1, 0.15) is 52.4 Å². The molecule has 1 heterocycles. The molecule has 0 unspecified atom stereocenters. The van der Waals surface area contributed by atoms with E-state index in [-0.39, 0.29) is 29.2 Å².